The normalized spacial score (nSPS) is 19.9. The lowest BCUT2D eigenvalue weighted by molar-refractivity contribution is -0.385. The molecule has 2 aliphatic heterocycles. The first-order chi connectivity index (χ1) is 19.2. The van der Waals surface area contributed by atoms with Crippen molar-refractivity contribution in [2.45, 2.75) is 29.7 Å². The average Bonchev–Trinajstić information content (AvgIpc) is 3.42. The highest BCUT2D eigenvalue weighted by molar-refractivity contribution is 8.00. The number of imide groups is 1. The number of nitro benzene ring substituents is 1. The van der Waals surface area contributed by atoms with Gasteiger partial charge >= 0.3 is 4.87 Å². The molecule has 202 valence electrons. The summed E-state index contributed by atoms with van der Waals surface area (Å²) in [5, 5.41) is 11.3. The van der Waals surface area contributed by atoms with Crippen molar-refractivity contribution in [1.82, 2.24) is 4.98 Å². The van der Waals surface area contributed by atoms with E-state index in [-0.39, 0.29) is 22.9 Å². The first-order valence-electron chi connectivity index (χ1n) is 12.2. The van der Waals surface area contributed by atoms with Gasteiger partial charge in [-0.2, -0.15) is 0 Å². The standard InChI is InChI=1S/C28H20FN3O6S2/c1-14-3-2-4-15(11-14)13-38-20-10-9-18(32(36)37)12-19(20)21-22-24(39-25-23(21)40-28(35)30-25)27(34)31(26(22)33)17-7-5-16(29)6-8-17/h2-12,21-22,24H,13H2,1H3,(H,30,35)/t21-,22-,24+/m0/s1. The Hall–Kier alpha value is -4.29. The highest BCUT2D eigenvalue weighted by Crippen LogP contribution is 2.55. The number of carbonyl (C=O) groups is 2. The van der Waals surface area contributed by atoms with Crippen LogP contribution in [0.15, 0.2) is 76.6 Å². The van der Waals surface area contributed by atoms with E-state index in [0.29, 0.717) is 21.2 Å². The van der Waals surface area contributed by atoms with Crippen LogP contribution in [0.2, 0.25) is 0 Å². The van der Waals surface area contributed by atoms with Gasteiger partial charge in [-0.25, -0.2) is 9.29 Å². The Morgan fingerprint density at radius 3 is 2.55 bits per heavy atom. The van der Waals surface area contributed by atoms with Gasteiger partial charge in [-0.3, -0.25) is 24.5 Å². The van der Waals surface area contributed by atoms with Gasteiger partial charge < -0.3 is 9.72 Å². The lowest BCUT2D eigenvalue weighted by Crippen LogP contribution is -2.32. The molecule has 1 saturated heterocycles. The molecule has 3 atom stereocenters. The molecule has 3 heterocycles. The molecule has 0 radical (unpaired) electrons. The summed E-state index contributed by atoms with van der Waals surface area (Å²) >= 11 is 1.98. The van der Waals surface area contributed by atoms with Crippen LogP contribution in [-0.4, -0.2) is 27.0 Å². The van der Waals surface area contributed by atoms with Gasteiger partial charge in [0.1, 0.15) is 23.4 Å². The van der Waals surface area contributed by atoms with Gasteiger partial charge in [0.25, 0.3) is 5.69 Å². The zero-order chi connectivity index (χ0) is 28.1. The van der Waals surface area contributed by atoms with E-state index in [1.165, 1.54) is 30.3 Å². The van der Waals surface area contributed by atoms with Crippen molar-refractivity contribution in [3.05, 3.63) is 114 Å². The van der Waals surface area contributed by atoms with E-state index in [4.69, 9.17) is 4.74 Å². The van der Waals surface area contributed by atoms with Gasteiger partial charge in [0.05, 0.1) is 21.6 Å². The van der Waals surface area contributed by atoms with Crippen LogP contribution in [0.3, 0.4) is 0 Å². The Morgan fingerprint density at radius 1 is 1.05 bits per heavy atom. The molecule has 40 heavy (non-hydrogen) atoms. The number of aromatic nitrogens is 1. The fourth-order valence-electron chi connectivity index (χ4n) is 5.18. The van der Waals surface area contributed by atoms with Crippen LogP contribution in [-0.2, 0) is 16.2 Å². The molecule has 1 aromatic heterocycles. The van der Waals surface area contributed by atoms with E-state index in [9.17, 15) is 28.9 Å². The number of H-pyrrole nitrogens is 1. The molecule has 0 saturated carbocycles. The lowest BCUT2D eigenvalue weighted by atomic mass is 9.82. The maximum Gasteiger partial charge on any atom is 0.305 e. The van der Waals surface area contributed by atoms with Crippen molar-refractivity contribution < 1.29 is 23.6 Å². The monoisotopic (exact) mass is 577 g/mol. The number of aromatic amines is 1. The summed E-state index contributed by atoms with van der Waals surface area (Å²) in [5.74, 6) is -3.12. The van der Waals surface area contributed by atoms with Crippen molar-refractivity contribution in [2.75, 3.05) is 4.90 Å². The number of benzene rings is 3. The Labute approximate surface area is 234 Å². The molecule has 0 aliphatic carbocycles. The number of fused-ring (bicyclic) bond motifs is 2. The second kappa shape index (κ2) is 10.0. The maximum atomic E-state index is 13.9. The molecule has 4 aromatic rings. The van der Waals surface area contributed by atoms with Gasteiger partial charge in [0.2, 0.25) is 11.8 Å². The minimum atomic E-state index is -0.982. The van der Waals surface area contributed by atoms with E-state index >= 15 is 0 Å². The number of nitrogens with one attached hydrogen (secondary N) is 1. The molecule has 1 N–H and O–H groups in total. The number of aryl methyl sites for hydroxylation is 1. The highest BCUT2D eigenvalue weighted by Gasteiger charge is 2.57. The molecular weight excluding hydrogens is 557 g/mol. The van der Waals surface area contributed by atoms with Gasteiger partial charge in [0.15, 0.2) is 0 Å². The number of carbonyl (C=O) groups excluding carboxylic acids is 2. The molecule has 9 nitrogen and oxygen atoms in total. The number of thioether (sulfide) groups is 1. The summed E-state index contributed by atoms with van der Waals surface area (Å²) in [5.41, 5.74) is 2.25. The van der Waals surface area contributed by atoms with Crippen molar-refractivity contribution in [2.24, 2.45) is 5.92 Å². The Kier molecular flexibility index (Phi) is 6.51. The maximum absolute atomic E-state index is 13.9. The predicted octanol–water partition coefficient (Wildman–Crippen LogP) is 5.17. The molecule has 1 fully saturated rings. The second-order valence-electron chi connectivity index (χ2n) is 9.50. The van der Waals surface area contributed by atoms with Gasteiger partial charge in [-0.15, -0.1) is 0 Å². The number of hydrogen-bond acceptors (Lipinski definition) is 8. The van der Waals surface area contributed by atoms with Crippen molar-refractivity contribution in [3.63, 3.8) is 0 Å². The van der Waals surface area contributed by atoms with Gasteiger partial charge in [-0.05, 0) is 42.8 Å². The van der Waals surface area contributed by atoms with Crippen LogP contribution in [0, 0.1) is 28.8 Å². The molecule has 6 rings (SSSR count). The molecule has 0 spiro atoms. The Balaban J connectivity index is 1.48. The van der Waals surface area contributed by atoms with E-state index in [0.717, 1.165) is 51.3 Å². The Bertz CT molecular complexity index is 1730. The van der Waals surface area contributed by atoms with E-state index in [1.807, 2.05) is 31.2 Å². The molecule has 2 aliphatic rings. The molecule has 0 unspecified atom stereocenters. The van der Waals surface area contributed by atoms with Crippen LogP contribution in [0.1, 0.15) is 27.5 Å². The van der Waals surface area contributed by atoms with Crippen LogP contribution < -0.4 is 14.5 Å². The molecule has 12 heteroatoms. The first kappa shape index (κ1) is 26.0. The fraction of sp³-hybridized carbons (Fsp3) is 0.179. The van der Waals surface area contributed by atoms with Crippen LogP contribution in [0.25, 0.3) is 0 Å². The summed E-state index contributed by atoms with van der Waals surface area (Å²) in [6, 6.07) is 16.8. The molecular formula is C28H20FN3O6S2. The van der Waals surface area contributed by atoms with Gasteiger partial charge in [0, 0.05) is 28.5 Å². The fourth-order valence-corrected chi connectivity index (χ4v) is 7.69. The third-order valence-electron chi connectivity index (χ3n) is 6.92. The van der Waals surface area contributed by atoms with E-state index < -0.39 is 39.6 Å². The second-order valence-corrected chi connectivity index (χ2v) is 11.7. The summed E-state index contributed by atoms with van der Waals surface area (Å²) in [4.78, 5) is 55.1. The highest BCUT2D eigenvalue weighted by atomic mass is 32.2. The smallest absolute Gasteiger partial charge is 0.305 e. The average molecular weight is 578 g/mol. The number of amides is 2. The first-order valence-corrected chi connectivity index (χ1v) is 13.9. The van der Waals surface area contributed by atoms with E-state index in [1.54, 1.807) is 0 Å². The zero-order valence-electron chi connectivity index (χ0n) is 20.8. The minimum absolute atomic E-state index is 0.160. The minimum Gasteiger partial charge on any atom is -0.489 e. The van der Waals surface area contributed by atoms with Crippen LogP contribution >= 0.6 is 23.1 Å². The van der Waals surface area contributed by atoms with Crippen LogP contribution in [0.4, 0.5) is 15.8 Å². The quantitative estimate of drug-likeness (QED) is 0.191. The summed E-state index contributed by atoms with van der Waals surface area (Å²) in [7, 11) is 0. The van der Waals surface area contributed by atoms with Crippen molar-refractivity contribution in [1.29, 1.82) is 0 Å². The number of ether oxygens (including phenoxy) is 1. The van der Waals surface area contributed by atoms with E-state index in [2.05, 4.69) is 4.98 Å². The van der Waals surface area contributed by atoms with Crippen molar-refractivity contribution >= 4 is 46.3 Å². The zero-order valence-corrected chi connectivity index (χ0v) is 22.5. The lowest BCUT2D eigenvalue weighted by Gasteiger charge is -2.30. The molecule has 2 amide bonds. The van der Waals surface area contributed by atoms with Crippen LogP contribution in [0.5, 0.6) is 5.75 Å². The third-order valence-corrected chi connectivity index (χ3v) is 9.33. The Morgan fingerprint density at radius 2 is 1.82 bits per heavy atom. The SMILES string of the molecule is Cc1cccc(COc2ccc([N+](=O)[O-])cc2[C@@H]2c3sc(=O)[nH]c3S[C@H]3C(=O)N(c4ccc(F)cc4)C(=O)[C@@H]23)c1. The van der Waals surface area contributed by atoms with Crippen molar-refractivity contribution in [3.8, 4) is 5.75 Å². The summed E-state index contributed by atoms with van der Waals surface area (Å²) < 4.78 is 19.8. The molecule has 3 aromatic carbocycles. The number of anilines is 1. The largest absolute Gasteiger partial charge is 0.489 e. The van der Waals surface area contributed by atoms with Gasteiger partial charge in [-0.1, -0.05) is 52.9 Å². The number of nitro groups is 1. The number of rotatable bonds is 6. The number of nitrogens with zero attached hydrogens (tertiary/aromatic N) is 2. The number of hydrogen-bond donors (Lipinski definition) is 1. The number of non-ortho nitro benzene ring substituents is 1. The topological polar surface area (TPSA) is 123 Å². The number of thiazole rings is 1. The predicted molar refractivity (Wildman–Crippen MR) is 147 cm³/mol. The number of halogens is 1. The summed E-state index contributed by atoms with van der Waals surface area (Å²) in [6.07, 6.45) is 0. The third kappa shape index (κ3) is 4.48. The summed E-state index contributed by atoms with van der Waals surface area (Å²) in [6.45, 7) is 2.11. The molecule has 0 bridgehead atoms.